The van der Waals surface area contributed by atoms with Crippen LogP contribution in [0.5, 0.6) is 0 Å². The third kappa shape index (κ3) is 5.33. The summed E-state index contributed by atoms with van der Waals surface area (Å²) in [6.45, 7) is 8.85. The topological polar surface area (TPSA) is 80.6 Å². The summed E-state index contributed by atoms with van der Waals surface area (Å²) in [6.07, 6.45) is 2.34. The number of benzene rings is 1. The average molecular weight is 360 g/mol. The van der Waals surface area contributed by atoms with Crippen molar-refractivity contribution in [2.45, 2.75) is 58.7 Å². The minimum atomic E-state index is -1.05. The van der Waals surface area contributed by atoms with Crippen molar-refractivity contribution < 1.29 is 19.4 Å². The van der Waals surface area contributed by atoms with E-state index in [1.165, 1.54) is 0 Å². The number of carboxylic acids is 1. The number of hydrogen-bond acceptors (Lipinski definition) is 3. The highest BCUT2D eigenvalue weighted by Gasteiger charge is 2.22. The van der Waals surface area contributed by atoms with E-state index in [4.69, 9.17) is 4.74 Å². The van der Waals surface area contributed by atoms with E-state index in [0.717, 1.165) is 23.0 Å². The van der Waals surface area contributed by atoms with Gasteiger partial charge in [-0.3, -0.25) is 4.79 Å². The summed E-state index contributed by atoms with van der Waals surface area (Å²) in [5.41, 5.74) is 1.64. The summed E-state index contributed by atoms with van der Waals surface area (Å²) in [5.74, 6) is -1.35. The van der Waals surface area contributed by atoms with Gasteiger partial charge in [0.25, 0.3) is 0 Å². The Labute approximate surface area is 154 Å². The van der Waals surface area contributed by atoms with Crippen LogP contribution in [0.4, 0.5) is 0 Å². The number of para-hydroxylation sites is 1. The molecule has 0 saturated carbocycles. The number of amides is 1. The van der Waals surface area contributed by atoms with Crippen molar-refractivity contribution >= 4 is 22.8 Å². The molecule has 6 nitrogen and oxygen atoms in total. The number of ether oxygens (including phenoxy) is 1. The van der Waals surface area contributed by atoms with Crippen LogP contribution >= 0.6 is 0 Å². The van der Waals surface area contributed by atoms with Crippen molar-refractivity contribution in [1.82, 2.24) is 9.88 Å². The van der Waals surface area contributed by atoms with E-state index in [1.54, 1.807) is 0 Å². The molecule has 0 aliphatic carbocycles. The molecule has 142 valence electrons. The van der Waals surface area contributed by atoms with Crippen LogP contribution in [0.1, 0.15) is 39.7 Å². The highest BCUT2D eigenvalue weighted by molar-refractivity contribution is 5.91. The van der Waals surface area contributed by atoms with E-state index in [9.17, 15) is 14.7 Å². The molecule has 0 radical (unpaired) electrons. The molecule has 0 aliphatic heterocycles. The Morgan fingerprint density at radius 1 is 1.27 bits per heavy atom. The molecule has 1 heterocycles. The quantitative estimate of drug-likeness (QED) is 0.758. The first-order valence-electron chi connectivity index (χ1n) is 8.94. The van der Waals surface area contributed by atoms with Gasteiger partial charge in [0.2, 0.25) is 5.91 Å². The summed E-state index contributed by atoms with van der Waals surface area (Å²) < 4.78 is 7.65. The minimum Gasteiger partial charge on any atom is -0.480 e. The molecule has 1 aromatic heterocycles. The molecular formula is C20H28N2O4. The Balaban J connectivity index is 2.03. The molecule has 0 bridgehead atoms. The van der Waals surface area contributed by atoms with Crippen LogP contribution in [0.15, 0.2) is 30.5 Å². The number of nitrogens with one attached hydrogen (secondary N) is 1. The molecule has 0 saturated heterocycles. The van der Waals surface area contributed by atoms with Gasteiger partial charge in [-0.2, -0.15) is 0 Å². The predicted molar refractivity (Wildman–Crippen MR) is 101 cm³/mol. The van der Waals surface area contributed by atoms with E-state index in [-0.39, 0.29) is 31.0 Å². The average Bonchev–Trinajstić information content (AvgIpc) is 2.90. The second-order valence-electron chi connectivity index (χ2n) is 7.34. The molecule has 2 aromatic rings. The number of carbonyl (C=O) groups is 2. The molecule has 26 heavy (non-hydrogen) atoms. The lowest BCUT2D eigenvalue weighted by atomic mass is 10.1. The monoisotopic (exact) mass is 360 g/mol. The number of carbonyl (C=O) groups excluding carboxylic acids is 1. The van der Waals surface area contributed by atoms with Gasteiger partial charge in [0.15, 0.2) is 0 Å². The molecular weight excluding hydrogens is 332 g/mol. The number of rotatable bonds is 8. The fourth-order valence-corrected chi connectivity index (χ4v) is 2.88. The Kier molecular flexibility index (Phi) is 6.42. The van der Waals surface area contributed by atoms with Crippen LogP contribution in [0.3, 0.4) is 0 Å². The maximum atomic E-state index is 12.4. The number of aromatic nitrogens is 1. The van der Waals surface area contributed by atoms with Crippen molar-refractivity contribution in [2.75, 3.05) is 6.61 Å². The summed E-state index contributed by atoms with van der Waals surface area (Å²) in [4.78, 5) is 23.8. The zero-order valence-corrected chi connectivity index (χ0v) is 15.9. The maximum absolute atomic E-state index is 12.4. The molecule has 2 rings (SSSR count). The lowest BCUT2D eigenvalue weighted by Crippen LogP contribution is -2.42. The number of aliphatic carboxylic acids is 1. The van der Waals surface area contributed by atoms with Gasteiger partial charge in [-0.05, 0) is 39.3 Å². The third-order valence-corrected chi connectivity index (χ3v) is 4.14. The molecule has 0 aliphatic rings. The van der Waals surface area contributed by atoms with E-state index in [2.05, 4.69) is 9.88 Å². The highest BCUT2D eigenvalue weighted by atomic mass is 16.5. The van der Waals surface area contributed by atoms with Gasteiger partial charge in [-0.25, -0.2) is 4.79 Å². The Morgan fingerprint density at radius 2 is 1.96 bits per heavy atom. The van der Waals surface area contributed by atoms with Crippen LogP contribution in [0.25, 0.3) is 10.9 Å². The predicted octanol–water partition coefficient (Wildman–Crippen LogP) is 2.98. The van der Waals surface area contributed by atoms with Crippen LogP contribution < -0.4 is 5.32 Å². The minimum absolute atomic E-state index is 0.150. The zero-order valence-electron chi connectivity index (χ0n) is 15.9. The number of fused-ring (bicyclic) bond motifs is 1. The summed E-state index contributed by atoms with van der Waals surface area (Å²) in [5, 5.41) is 13.0. The molecule has 1 aromatic carbocycles. The van der Waals surface area contributed by atoms with Crippen molar-refractivity contribution in [3.05, 3.63) is 36.0 Å². The van der Waals surface area contributed by atoms with Crippen LogP contribution in [0, 0.1) is 0 Å². The van der Waals surface area contributed by atoms with E-state index in [1.807, 2.05) is 58.2 Å². The maximum Gasteiger partial charge on any atom is 0.326 e. The highest BCUT2D eigenvalue weighted by Crippen LogP contribution is 2.21. The second-order valence-corrected chi connectivity index (χ2v) is 7.34. The number of hydrogen-bond donors (Lipinski definition) is 2. The molecule has 0 fully saturated rings. The largest absolute Gasteiger partial charge is 0.480 e. The number of aryl methyl sites for hydroxylation is 1. The van der Waals surface area contributed by atoms with Crippen LogP contribution in [-0.4, -0.2) is 39.8 Å². The number of carboxylic acid groups (broad SMARTS) is 1. The third-order valence-electron chi connectivity index (χ3n) is 4.14. The van der Waals surface area contributed by atoms with Crippen molar-refractivity contribution in [2.24, 2.45) is 0 Å². The summed E-state index contributed by atoms with van der Waals surface area (Å²) in [6, 6.07) is 6.95. The molecule has 1 atom stereocenters. The normalized spacial score (nSPS) is 12.9. The fourth-order valence-electron chi connectivity index (χ4n) is 2.88. The fraction of sp³-hybridized carbons (Fsp3) is 0.500. The molecule has 1 unspecified atom stereocenters. The van der Waals surface area contributed by atoms with Crippen molar-refractivity contribution in [3.8, 4) is 0 Å². The van der Waals surface area contributed by atoms with Gasteiger partial charge < -0.3 is 19.7 Å². The Bertz CT molecular complexity index is 774. The molecule has 2 N–H and O–H groups in total. The van der Waals surface area contributed by atoms with Crippen LogP contribution in [-0.2, 0) is 27.3 Å². The van der Waals surface area contributed by atoms with E-state index in [0.29, 0.717) is 0 Å². The van der Waals surface area contributed by atoms with Gasteiger partial charge >= 0.3 is 5.97 Å². The zero-order chi connectivity index (χ0) is 19.3. The Hall–Kier alpha value is -2.34. The smallest absolute Gasteiger partial charge is 0.326 e. The first kappa shape index (κ1) is 20.0. The molecule has 1 amide bonds. The molecule has 6 heteroatoms. The molecule has 0 spiro atoms. The van der Waals surface area contributed by atoms with Gasteiger partial charge in [0.05, 0.1) is 12.0 Å². The summed E-state index contributed by atoms with van der Waals surface area (Å²) >= 11 is 0. The van der Waals surface area contributed by atoms with Gasteiger partial charge in [-0.1, -0.05) is 18.2 Å². The SMILES string of the molecule is CCn1cc(CC(=O)NC(CCOC(C)(C)C)C(=O)O)c2ccccc21. The first-order chi connectivity index (χ1) is 12.2. The Morgan fingerprint density at radius 3 is 2.58 bits per heavy atom. The van der Waals surface area contributed by atoms with Crippen molar-refractivity contribution in [3.63, 3.8) is 0 Å². The van der Waals surface area contributed by atoms with Gasteiger partial charge in [0.1, 0.15) is 6.04 Å². The lowest BCUT2D eigenvalue weighted by Gasteiger charge is -2.21. The van der Waals surface area contributed by atoms with E-state index < -0.39 is 12.0 Å². The summed E-state index contributed by atoms with van der Waals surface area (Å²) in [7, 11) is 0. The standard InChI is InChI=1S/C20H28N2O4/c1-5-22-13-14(15-8-6-7-9-17(15)22)12-18(23)21-16(19(24)25)10-11-26-20(2,3)4/h6-9,13,16H,5,10-12H2,1-4H3,(H,21,23)(H,24,25). The van der Waals surface area contributed by atoms with Gasteiger partial charge in [0, 0.05) is 36.7 Å². The van der Waals surface area contributed by atoms with E-state index >= 15 is 0 Å². The first-order valence-corrected chi connectivity index (χ1v) is 8.94. The second kappa shape index (κ2) is 8.36. The van der Waals surface area contributed by atoms with Crippen molar-refractivity contribution in [1.29, 1.82) is 0 Å². The van der Waals surface area contributed by atoms with Gasteiger partial charge in [-0.15, -0.1) is 0 Å². The number of nitrogens with zero attached hydrogens (tertiary/aromatic N) is 1. The lowest BCUT2D eigenvalue weighted by molar-refractivity contribution is -0.142. The van der Waals surface area contributed by atoms with Crippen LogP contribution in [0.2, 0.25) is 0 Å².